The van der Waals surface area contributed by atoms with Crippen LogP contribution in [0, 0.1) is 5.92 Å². The van der Waals surface area contributed by atoms with Gasteiger partial charge in [0.2, 0.25) is 0 Å². The molecule has 0 saturated carbocycles. The normalized spacial score (nSPS) is 17.7. The SMILES string of the molecule is CCCCCCCCCCCCCCCCOCC1COC(COC(=O)Nc2cccnc2)C1. The van der Waals surface area contributed by atoms with E-state index in [0.29, 0.717) is 18.2 Å². The molecule has 1 aliphatic rings. The molecule has 1 N–H and O–H groups in total. The van der Waals surface area contributed by atoms with Gasteiger partial charge in [-0.3, -0.25) is 10.3 Å². The quantitative estimate of drug-likeness (QED) is 0.197. The van der Waals surface area contributed by atoms with Crippen LogP contribution in [0.5, 0.6) is 0 Å². The molecule has 1 amide bonds. The number of carbonyl (C=O) groups excluding carboxylic acids is 1. The third-order valence-electron chi connectivity index (χ3n) is 6.47. The minimum atomic E-state index is -0.478. The second-order valence-electron chi connectivity index (χ2n) is 9.69. The molecule has 6 nitrogen and oxygen atoms in total. The third kappa shape index (κ3) is 14.6. The van der Waals surface area contributed by atoms with Crippen LogP contribution in [0.2, 0.25) is 0 Å². The first-order valence-electron chi connectivity index (χ1n) is 13.8. The molecule has 1 saturated heterocycles. The van der Waals surface area contributed by atoms with Gasteiger partial charge in [0.25, 0.3) is 0 Å². The van der Waals surface area contributed by atoms with Crippen LogP contribution in [-0.2, 0) is 14.2 Å². The highest BCUT2D eigenvalue weighted by Gasteiger charge is 2.26. The maximum atomic E-state index is 11.8. The van der Waals surface area contributed by atoms with Gasteiger partial charge in [-0.1, -0.05) is 90.4 Å². The summed E-state index contributed by atoms with van der Waals surface area (Å²) in [4.78, 5) is 15.8. The molecule has 194 valence electrons. The summed E-state index contributed by atoms with van der Waals surface area (Å²) in [6.07, 6.45) is 22.8. The Balaban J connectivity index is 1.32. The standard InChI is InChI=1S/C28H48N2O4/c1-2-3-4-5-6-7-8-9-10-11-12-13-14-15-19-32-22-25-20-27(33-23-25)24-34-28(31)30-26-17-16-18-29-21-26/h16-18,21,25,27H,2-15,19-20,22-24H2,1H3,(H,30,31). The van der Waals surface area contributed by atoms with E-state index in [1.807, 2.05) is 0 Å². The van der Waals surface area contributed by atoms with Crippen LogP contribution >= 0.6 is 0 Å². The minimum Gasteiger partial charge on any atom is -0.447 e. The van der Waals surface area contributed by atoms with Gasteiger partial charge in [-0.05, 0) is 25.0 Å². The van der Waals surface area contributed by atoms with Crippen molar-refractivity contribution < 1.29 is 19.0 Å². The summed E-state index contributed by atoms with van der Waals surface area (Å²) in [5.74, 6) is 0.390. The van der Waals surface area contributed by atoms with Gasteiger partial charge in [0, 0.05) is 18.7 Å². The summed E-state index contributed by atoms with van der Waals surface area (Å²) in [5.41, 5.74) is 0.620. The molecular weight excluding hydrogens is 428 g/mol. The summed E-state index contributed by atoms with van der Waals surface area (Å²) in [7, 11) is 0. The number of anilines is 1. The summed E-state index contributed by atoms with van der Waals surface area (Å²) >= 11 is 0. The fraction of sp³-hybridized carbons (Fsp3) is 0.786. The van der Waals surface area contributed by atoms with E-state index >= 15 is 0 Å². The fourth-order valence-electron chi connectivity index (χ4n) is 4.42. The molecule has 0 aliphatic carbocycles. The van der Waals surface area contributed by atoms with Crippen LogP contribution in [0.3, 0.4) is 0 Å². The predicted octanol–water partition coefficient (Wildman–Crippen LogP) is 7.53. The van der Waals surface area contributed by atoms with Crippen LogP contribution in [0.4, 0.5) is 10.5 Å². The first kappa shape index (κ1) is 28.6. The highest BCUT2D eigenvalue weighted by molar-refractivity contribution is 5.84. The summed E-state index contributed by atoms with van der Waals surface area (Å²) in [6, 6.07) is 3.53. The smallest absolute Gasteiger partial charge is 0.411 e. The number of hydrogen-bond donors (Lipinski definition) is 1. The van der Waals surface area contributed by atoms with Crippen molar-refractivity contribution in [3.63, 3.8) is 0 Å². The van der Waals surface area contributed by atoms with Gasteiger partial charge in [0.05, 0.1) is 31.2 Å². The molecule has 0 bridgehead atoms. The number of pyridine rings is 1. The lowest BCUT2D eigenvalue weighted by Gasteiger charge is -2.11. The summed E-state index contributed by atoms with van der Waals surface area (Å²) in [6.45, 7) is 4.79. The first-order valence-corrected chi connectivity index (χ1v) is 13.8. The largest absolute Gasteiger partial charge is 0.447 e. The second-order valence-corrected chi connectivity index (χ2v) is 9.69. The van der Waals surface area contributed by atoms with Gasteiger partial charge in [0.1, 0.15) is 6.61 Å². The Labute approximate surface area is 207 Å². The van der Waals surface area contributed by atoms with Crippen LogP contribution in [0.25, 0.3) is 0 Å². The highest BCUT2D eigenvalue weighted by atomic mass is 16.6. The van der Waals surface area contributed by atoms with Gasteiger partial charge < -0.3 is 14.2 Å². The Bertz CT molecular complexity index is 614. The Kier molecular flexibility index (Phi) is 16.5. The number of aromatic nitrogens is 1. The molecule has 2 unspecified atom stereocenters. The molecule has 1 aromatic heterocycles. The molecule has 6 heteroatoms. The first-order chi connectivity index (χ1) is 16.8. The molecule has 1 aliphatic heterocycles. The number of unbranched alkanes of at least 4 members (excludes halogenated alkanes) is 13. The number of hydrogen-bond acceptors (Lipinski definition) is 5. The molecule has 2 atom stereocenters. The molecule has 0 radical (unpaired) electrons. The lowest BCUT2D eigenvalue weighted by atomic mass is 10.0. The monoisotopic (exact) mass is 476 g/mol. The number of nitrogens with zero attached hydrogens (tertiary/aromatic N) is 1. The van der Waals surface area contributed by atoms with E-state index < -0.39 is 6.09 Å². The zero-order valence-corrected chi connectivity index (χ0v) is 21.5. The van der Waals surface area contributed by atoms with E-state index in [9.17, 15) is 4.79 Å². The average molecular weight is 477 g/mol. The van der Waals surface area contributed by atoms with Crippen molar-refractivity contribution in [1.29, 1.82) is 0 Å². The average Bonchev–Trinajstić information content (AvgIpc) is 3.31. The summed E-state index contributed by atoms with van der Waals surface area (Å²) in [5, 5.41) is 2.66. The Morgan fingerprint density at radius 1 is 0.971 bits per heavy atom. The third-order valence-corrected chi connectivity index (χ3v) is 6.47. The molecule has 0 spiro atoms. The van der Waals surface area contributed by atoms with Gasteiger partial charge in [-0.2, -0.15) is 0 Å². The zero-order valence-electron chi connectivity index (χ0n) is 21.5. The minimum absolute atomic E-state index is 0.0469. The summed E-state index contributed by atoms with van der Waals surface area (Å²) < 4.78 is 16.9. The molecule has 2 heterocycles. The van der Waals surface area contributed by atoms with E-state index in [0.717, 1.165) is 26.1 Å². The van der Waals surface area contributed by atoms with Crippen molar-refractivity contribution >= 4 is 11.8 Å². The lowest BCUT2D eigenvalue weighted by Crippen LogP contribution is -2.21. The number of nitrogens with one attached hydrogen (secondary N) is 1. The van der Waals surface area contributed by atoms with Crippen molar-refractivity contribution in [2.45, 2.75) is 109 Å². The van der Waals surface area contributed by atoms with Crippen LogP contribution in [-0.4, -0.2) is 43.6 Å². The highest BCUT2D eigenvalue weighted by Crippen LogP contribution is 2.21. The van der Waals surface area contributed by atoms with Crippen molar-refractivity contribution in [3.05, 3.63) is 24.5 Å². The zero-order chi connectivity index (χ0) is 24.1. The maximum Gasteiger partial charge on any atom is 0.411 e. The van der Waals surface area contributed by atoms with Gasteiger partial charge in [0.15, 0.2) is 0 Å². The number of rotatable bonds is 20. The molecule has 2 rings (SSSR count). The Morgan fingerprint density at radius 3 is 2.24 bits per heavy atom. The van der Waals surface area contributed by atoms with Crippen LogP contribution in [0.1, 0.15) is 103 Å². The molecule has 34 heavy (non-hydrogen) atoms. The molecule has 1 aromatic rings. The van der Waals surface area contributed by atoms with E-state index in [1.165, 1.54) is 83.5 Å². The number of ether oxygens (including phenoxy) is 3. The van der Waals surface area contributed by atoms with Gasteiger partial charge >= 0.3 is 6.09 Å². The van der Waals surface area contributed by atoms with E-state index in [2.05, 4.69) is 17.2 Å². The number of amides is 1. The Hall–Kier alpha value is -1.66. The number of carbonyl (C=O) groups is 1. The van der Waals surface area contributed by atoms with E-state index in [4.69, 9.17) is 14.2 Å². The van der Waals surface area contributed by atoms with Crippen molar-refractivity contribution in [1.82, 2.24) is 4.98 Å². The lowest BCUT2D eigenvalue weighted by molar-refractivity contribution is 0.0430. The molecular formula is C28H48N2O4. The van der Waals surface area contributed by atoms with Crippen molar-refractivity contribution in [2.75, 3.05) is 31.7 Å². The molecule has 0 aromatic carbocycles. The van der Waals surface area contributed by atoms with Gasteiger partial charge in [-0.15, -0.1) is 0 Å². The predicted molar refractivity (Wildman–Crippen MR) is 138 cm³/mol. The molecule has 1 fully saturated rings. The van der Waals surface area contributed by atoms with E-state index in [1.54, 1.807) is 24.5 Å². The van der Waals surface area contributed by atoms with Crippen LogP contribution in [0.15, 0.2) is 24.5 Å². The van der Waals surface area contributed by atoms with Crippen molar-refractivity contribution in [2.24, 2.45) is 5.92 Å². The topological polar surface area (TPSA) is 69.7 Å². The van der Waals surface area contributed by atoms with E-state index in [-0.39, 0.29) is 12.7 Å². The fourth-order valence-corrected chi connectivity index (χ4v) is 4.42. The second kappa shape index (κ2) is 19.6. The van der Waals surface area contributed by atoms with Gasteiger partial charge in [-0.25, -0.2) is 4.79 Å². The van der Waals surface area contributed by atoms with Crippen LogP contribution < -0.4 is 5.32 Å². The maximum absolute atomic E-state index is 11.8. The van der Waals surface area contributed by atoms with Crippen molar-refractivity contribution in [3.8, 4) is 0 Å². The Morgan fingerprint density at radius 2 is 1.62 bits per heavy atom.